The zero-order valence-electron chi connectivity index (χ0n) is 12.2. The minimum absolute atomic E-state index is 0.103. The van der Waals surface area contributed by atoms with Crippen LogP contribution in [0.2, 0.25) is 0 Å². The Labute approximate surface area is 127 Å². The summed E-state index contributed by atoms with van der Waals surface area (Å²) in [5.74, 6) is 1.10. The lowest BCUT2D eigenvalue weighted by Crippen LogP contribution is -2.35. The first-order chi connectivity index (χ1) is 10.5. The molecule has 1 aliphatic rings. The molecule has 0 fully saturated rings. The molecule has 1 aliphatic heterocycles. The molecule has 124 valence electrons. The van der Waals surface area contributed by atoms with E-state index in [2.05, 4.69) is 0 Å². The Hall–Kier alpha value is -1.47. The number of para-hydroxylation sites is 1. The highest BCUT2D eigenvalue weighted by Crippen LogP contribution is 2.34. The molecule has 0 bridgehead atoms. The van der Waals surface area contributed by atoms with Gasteiger partial charge in [-0.05, 0) is 12.5 Å². The van der Waals surface area contributed by atoms with Crippen LogP contribution >= 0.6 is 0 Å². The molecule has 2 rings (SSSR count). The molecule has 0 radical (unpaired) electrons. The maximum absolute atomic E-state index is 12.7. The molecule has 4 nitrogen and oxygen atoms in total. The van der Waals surface area contributed by atoms with Crippen LogP contribution in [0.15, 0.2) is 18.2 Å². The molecule has 0 amide bonds. The molecule has 0 spiro atoms. The minimum Gasteiger partial charge on any atom is -0.490 e. The molecule has 1 aromatic carbocycles. The molecule has 0 aliphatic carbocycles. The van der Waals surface area contributed by atoms with Crippen molar-refractivity contribution in [1.29, 1.82) is 0 Å². The number of hydrogen-bond donors (Lipinski definition) is 1. The van der Waals surface area contributed by atoms with Gasteiger partial charge in [-0.15, -0.1) is 0 Å². The fourth-order valence-electron chi connectivity index (χ4n) is 2.38. The Bertz CT molecular complexity index is 480. The Morgan fingerprint density at radius 2 is 1.95 bits per heavy atom. The lowest BCUT2D eigenvalue weighted by atomic mass is 10.1. The van der Waals surface area contributed by atoms with Crippen molar-refractivity contribution in [3.63, 3.8) is 0 Å². The normalized spacial score (nSPS) is 15.0. The first-order valence-electron chi connectivity index (χ1n) is 7.27. The molecule has 0 saturated carbocycles. The van der Waals surface area contributed by atoms with E-state index < -0.39 is 12.7 Å². The first-order valence-corrected chi connectivity index (χ1v) is 7.27. The maximum atomic E-state index is 12.7. The zero-order valence-corrected chi connectivity index (χ0v) is 12.2. The highest BCUT2D eigenvalue weighted by atomic mass is 19.4. The average Bonchev–Trinajstić information content (AvgIpc) is 2.69. The van der Waals surface area contributed by atoms with Crippen LogP contribution < -0.4 is 9.47 Å². The van der Waals surface area contributed by atoms with Gasteiger partial charge < -0.3 is 14.6 Å². The lowest BCUT2D eigenvalue weighted by molar-refractivity contribution is -0.147. The van der Waals surface area contributed by atoms with Crippen LogP contribution in [-0.2, 0) is 6.54 Å². The molecule has 0 unspecified atom stereocenters. The highest BCUT2D eigenvalue weighted by molar-refractivity contribution is 5.47. The zero-order chi connectivity index (χ0) is 16.0. The number of ether oxygens (including phenoxy) is 2. The number of halogens is 3. The number of hydrogen-bond acceptors (Lipinski definition) is 4. The van der Waals surface area contributed by atoms with Gasteiger partial charge in [-0.25, -0.2) is 0 Å². The fraction of sp³-hybridized carbons (Fsp3) is 0.600. The summed E-state index contributed by atoms with van der Waals surface area (Å²) < 4.78 is 49.2. The van der Waals surface area contributed by atoms with Gasteiger partial charge in [-0.1, -0.05) is 12.1 Å². The van der Waals surface area contributed by atoms with E-state index in [4.69, 9.17) is 14.6 Å². The number of aliphatic hydroxyl groups is 1. The predicted molar refractivity (Wildman–Crippen MR) is 75.1 cm³/mol. The first kappa shape index (κ1) is 16.9. The van der Waals surface area contributed by atoms with Gasteiger partial charge in [0.25, 0.3) is 0 Å². The summed E-state index contributed by atoms with van der Waals surface area (Å²) in [6.07, 6.45) is -3.24. The Kier molecular flexibility index (Phi) is 5.90. The van der Waals surface area contributed by atoms with Gasteiger partial charge >= 0.3 is 6.18 Å². The number of aliphatic hydroxyl groups excluding tert-OH is 1. The number of benzene rings is 1. The van der Waals surface area contributed by atoms with Gasteiger partial charge in [-0.2, -0.15) is 13.2 Å². The smallest absolute Gasteiger partial charge is 0.401 e. The van der Waals surface area contributed by atoms with E-state index in [-0.39, 0.29) is 19.7 Å². The third-order valence-corrected chi connectivity index (χ3v) is 3.28. The van der Waals surface area contributed by atoms with Crippen molar-refractivity contribution >= 4 is 0 Å². The van der Waals surface area contributed by atoms with E-state index >= 15 is 0 Å². The Morgan fingerprint density at radius 3 is 2.68 bits per heavy atom. The van der Waals surface area contributed by atoms with Gasteiger partial charge in [0.1, 0.15) is 0 Å². The second-order valence-corrected chi connectivity index (χ2v) is 5.20. The summed E-state index contributed by atoms with van der Waals surface area (Å²) in [6.45, 7) is 0.137. The lowest BCUT2D eigenvalue weighted by Gasteiger charge is -2.24. The molecule has 0 atom stereocenters. The number of rotatable bonds is 6. The van der Waals surface area contributed by atoms with Gasteiger partial charge in [0.05, 0.1) is 19.8 Å². The fourth-order valence-corrected chi connectivity index (χ4v) is 2.38. The molecule has 0 saturated heterocycles. The molecule has 7 heteroatoms. The van der Waals surface area contributed by atoms with E-state index in [9.17, 15) is 13.2 Å². The van der Waals surface area contributed by atoms with Gasteiger partial charge in [0, 0.05) is 31.7 Å². The third kappa shape index (κ3) is 5.06. The van der Waals surface area contributed by atoms with Gasteiger partial charge in [0.15, 0.2) is 11.5 Å². The molecule has 1 heterocycles. The monoisotopic (exact) mass is 319 g/mol. The topological polar surface area (TPSA) is 41.9 Å². The van der Waals surface area contributed by atoms with Crippen molar-refractivity contribution in [2.45, 2.75) is 25.6 Å². The number of fused-ring (bicyclic) bond motifs is 1. The number of nitrogens with zero attached hydrogens (tertiary/aromatic N) is 1. The molecule has 1 aromatic rings. The predicted octanol–water partition coefficient (Wildman–Crippen LogP) is 2.59. The van der Waals surface area contributed by atoms with Crippen molar-refractivity contribution in [1.82, 2.24) is 4.90 Å². The van der Waals surface area contributed by atoms with Gasteiger partial charge in [-0.3, -0.25) is 4.90 Å². The summed E-state index contributed by atoms with van der Waals surface area (Å²) in [5.41, 5.74) is 0.668. The summed E-state index contributed by atoms with van der Waals surface area (Å²) in [7, 11) is 0. The second-order valence-electron chi connectivity index (χ2n) is 5.20. The molecule has 1 N–H and O–H groups in total. The van der Waals surface area contributed by atoms with Crippen molar-refractivity contribution in [3.05, 3.63) is 23.8 Å². The van der Waals surface area contributed by atoms with E-state index in [1.807, 2.05) is 0 Å². The third-order valence-electron chi connectivity index (χ3n) is 3.28. The van der Waals surface area contributed by atoms with Crippen LogP contribution in [0.1, 0.15) is 18.4 Å². The summed E-state index contributed by atoms with van der Waals surface area (Å²) >= 11 is 0. The number of alkyl halides is 3. The molecular weight excluding hydrogens is 299 g/mol. The van der Waals surface area contributed by atoms with Crippen LogP contribution in [-0.4, -0.2) is 49.1 Å². The Morgan fingerprint density at radius 1 is 1.18 bits per heavy atom. The van der Waals surface area contributed by atoms with E-state index in [0.717, 1.165) is 6.42 Å². The van der Waals surface area contributed by atoms with Crippen LogP contribution in [0.4, 0.5) is 13.2 Å². The van der Waals surface area contributed by atoms with E-state index in [1.54, 1.807) is 18.2 Å². The van der Waals surface area contributed by atoms with Crippen molar-refractivity contribution in [2.75, 3.05) is 32.9 Å². The highest BCUT2D eigenvalue weighted by Gasteiger charge is 2.31. The average molecular weight is 319 g/mol. The minimum atomic E-state index is -4.28. The van der Waals surface area contributed by atoms with Crippen molar-refractivity contribution in [2.24, 2.45) is 0 Å². The molecule has 0 aromatic heterocycles. The standard InChI is InChI=1S/C15H20F3NO3/c16-15(17,18)11-19(6-2-7-20)10-12-4-1-5-13-14(12)22-9-3-8-21-13/h1,4-5,20H,2-3,6-11H2. The Balaban J connectivity index is 2.14. The molecular formula is C15H20F3NO3. The van der Waals surface area contributed by atoms with Crippen LogP contribution in [0.5, 0.6) is 11.5 Å². The van der Waals surface area contributed by atoms with Crippen molar-refractivity contribution < 1.29 is 27.8 Å². The molecule has 22 heavy (non-hydrogen) atoms. The summed E-state index contributed by atoms with van der Waals surface area (Å²) in [5, 5.41) is 8.86. The van der Waals surface area contributed by atoms with E-state index in [1.165, 1.54) is 4.90 Å². The van der Waals surface area contributed by atoms with Crippen LogP contribution in [0, 0.1) is 0 Å². The summed E-state index contributed by atoms with van der Waals surface area (Å²) in [4.78, 5) is 1.26. The maximum Gasteiger partial charge on any atom is 0.401 e. The quantitative estimate of drug-likeness (QED) is 0.875. The largest absolute Gasteiger partial charge is 0.490 e. The summed E-state index contributed by atoms with van der Waals surface area (Å²) in [6, 6.07) is 5.25. The van der Waals surface area contributed by atoms with Crippen molar-refractivity contribution in [3.8, 4) is 11.5 Å². The van der Waals surface area contributed by atoms with Crippen LogP contribution in [0.25, 0.3) is 0 Å². The SMILES string of the molecule is OCCCN(Cc1cccc2c1OCCCO2)CC(F)(F)F. The van der Waals surface area contributed by atoms with Crippen LogP contribution in [0.3, 0.4) is 0 Å². The van der Waals surface area contributed by atoms with E-state index in [0.29, 0.717) is 36.7 Å². The van der Waals surface area contributed by atoms with Gasteiger partial charge in [0.2, 0.25) is 0 Å². The second kappa shape index (κ2) is 7.69.